The molecular formula is C28H41N3O. The van der Waals surface area contributed by atoms with E-state index in [1.54, 1.807) is 6.20 Å². The first kappa shape index (κ1) is 22.2. The predicted molar refractivity (Wildman–Crippen MR) is 128 cm³/mol. The molecule has 4 heteroatoms. The Kier molecular flexibility index (Phi) is 6.23. The van der Waals surface area contributed by atoms with Crippen LogP contribution >= 0.6 is 0 Å². The second-order valence-corrected chi connectivity index (χ2v) is 11.8. The SMILES string of the molecule is COC[C@H]1CC[C@@H]2C3CC[C@@]4(C)C(CCC4[C@@H](C)Nc4ccc(C#N)cn4)[C@@H]3CC[C@@H]2C1. The molecule has 0 radical (unpaired) electrons. The Morgan fingerprint density at radius 1 is 1.12 bits per heavy atom. The van der Waals surface area contributed by atoms with Gasteiger partial charge in [0.15, 0.2) is 0 Å². The van der Waals surface area contributed by atoms with Gasteiger partial charge in [0.2, 0.25) is 0 Å². The molecule has 3 unspecified atom stereocenters. The van der Waals surface area contributed by atoms with Crippen LogP contribution in [0.3, 0.4) is 0 Å². The van der Waals surface area contributed by atoms with E-state index in [9.17, 15) is 0 Å². The monoisotopic (exact) mass is 435 g/mol. The Labute approximate surface area is 194 Å². The molecule has 4 saturated carbocycles. The number of methoxy groups -OCH3 is 1. The van der Waals surface area contributed by atoms with Gasteiger partial charge in [-0.15, -0.1) is 0 Å². The lowest BCUT2D eigenvalue weighted by molar-refractivity contribution is -0.0728. The summed E-state index contributed by atoms with van der Waals surface area (Å²) in [4.78, 5) is 4.48. The number of anilines is 1. The summed E-state index contributed by atoms with van der Waals surface area (Å²) in [5.74, 6) is 7.23. The molecule has 4 fully saturated rings. The van der Waals surface area contributed by atoms with Gasteiger partial charge >= 0.3 is 0 Å². The molecule has 9 atom stereocenters. The molecule has 0 aromatic carbocycles. The highest BCUT2D eigenvalue weighted by Crippen LogP contribution is 2.65. The molecule has 32 heavy (non-hydrogen) atoms. The molecule has 0 bridgehead atoms. The quantitative estimate of drug-likeness (QED) is 0.591. The van der Waals surface area contributed by atoms with Crippen LogP contribution in [0.5, 0.6) is 0 Å². The maximum Gasteiger partial charge on any atom is 0.126 e. The van der Waals surface area contributed by atoms with Crippen molar-refractivity contribution in [3.8, 4) is 6.07 Å². The Bertz CT molecular complexity index is 832. The highest BCUT2D eigenvalue weighted by atomic mass is 16.5. The van der Waals surface area contributed by atoms with Crippen LogP contribution in [0.4, 0.5) is 5.82 Å². The lowest BCUT2D eigenvalue weighted by Gasteiger charge is -2.56. The van der Waals surface area contributed by atoms with Gasteiger partial charge in [0.1, 0.15) is 11.9 Å². The molecule has 1 heterocycles. The van der Waals surface area contributed by atoms with Crippen LogP contribution in [0.25, 0.3) is 0 Å². The summed E-state index contributed by atoms with van der Waals surface area (Å²) in [6.07, 6.45) is 14.5. The predicted octanol–water partition coefficient (Wildman–Crippen LogP) is 6.29. The van der Waals surface area contributed by atoms with Crippen LogP contribution in [-0.2, 0) is 4.74 Å². The fourth-order valence-corrected chi connectivity index (χ4v) is 9.08. The molecule has 0 amide bonds. The summed E-state index contributed by atoms with van der Waals surface area (Å²) in [5.41, 5.74) is 1.08. The zero-order valence-electron chi connectivity index (χ0n) is 20.2. The summed E-state index contributed by atoms with van der Waals surface area (Å²) in [5, 5.41) is 12.7. The van der Waals surface area contributed by atoms with Crippen LogP contribution in [0.2, 0.25) is 0 Å². The minimum Gasteiger partial charge on any atom is -0.384 e. The number of hydrogen-bond acceptors (Lipinski definition) is 4. The van der Waals surface area contributed by atoms with Crippen LogP contribution in [-0.4, -0.2) is 24.7 Å². The maximum absolute atomic E-state index is 9.03. The molecular weight excluding hydrogens is 394 g/mol. The Morgan fingerprint density at radius 3 is 2.72 bits per heavy atom. The van der Waals surface area contributed by atoms with Gasteiger partial charge in [0.25, 0.3) is 0 Å². The van der Waals surface area contributed by atoms with Gasteiger partial charge in [-0.05, 0) is 124 Å². The van der Waals surface area contributed by atoms with E-state index in [-0.39, 0.29) is 0 Å². The molecule has 4 aliphatic carbocycles. The van der Waals surface area contributed by atoms with E-state index < -0.39 is 0 Å². The van der Waals surface area contributed by atoms with Crippen molar-refractivity contribution in [2.24, 2.45) is 46.8 Å². The van der Waals surface area contributed by atoms with Crippen LogP contribution < -0.4 is 5.32 Å². The summed E-state index contributed by atoms with van der Waals surface area (Å²) < 4.78 is 5.50. The average molecular weight is 436 g/mol. The fraction of sp³-hybridized carbons (Fsp3) is 0.786. The zero-order valence-corrected chi connectivity index (χ0v) is 20.2. The highest BCUT2D eigenvalue weighted by Gasteiger charge is 2.57. The molecule has 5 rings (SSSR count). The first-order valence-electron chi connectivity index (χ1n) is 13.1. The molecule has 0 saturated heterocycles. The van der Waals surface area contributed by atoms with Crippen LogP contribution in [0.1, 0.15) is 77.2 Å². The van der Waals surface area contributed by atoms with Gasteiger partial charge in [0.05, 0.1) is 5.56 Å². The molecule has 0 aliphatic heterocycles. The number of fused-ring (bicyclic) bond motifs is 5. The van der Waals surface area contributed by atoms with Gasteiger partial charge in [-0.25, -0.2) is 4.98 Å². The van der Waals surface area contributed by atoms with E-state index in [2.05, 4.69) is 30.2 Å². The van der Waals surface area contributed by atoms with Crippen LogP contribution in [0, 0.1) is 58.2 Å². The van der Waals surface area contributed by atoms with Crippen LogP contribution in [0.15, 0.2) is 18.3 Å². The highest BCUT2D eigenvalue weighted by molar-refractivity contribution is 5.40. The van der Waals surface area contributed by atoms with Gasteiger partial charge in [0, 0.05) is 26.0 Å². The third-order valence-corrected chi connectivity index (χ3v) is 10.4. The number of nitrogens with one attached hydrogen (secondary N) is 1. The van der Waals surface area contributed by atoms with Crippen molar-refractivity contribution in [2.75, 3.05) is 19.0 Å². The number of rotatable bonds is 5. The standard InChI is InChI=1S/C28H41N3O/c1-18(31-27-11-5-20(15-29)16-30-27)25-9-10-26-24-8-6-21-14-19(17-32-3)4-7-22(21)23(24)12-13-28(25,26)2/h5,11,16,18-19,21-26H,4,6-10,12-14,17H2,1-3H3,(H,30,31)/t18-,19+,21-,22+,23?,24-,25?,26?,28-/m1/s1. The lowest BCUT2D eigenvalue weighted by atomic mass is 9.49. The third-order valence-electron chi connectivity index (χ3n) is 10.4. The van der Waals surface area contributed by atoms with Crippen molar-refractivity contribution in [2.45, 2.75) is 77.7 Å². The van der Waals surface area contributed by atoms with E-state index in [1.165, 1.54) is 57.8 Å². The first-order valence-corrected chi connectivity index (χ1v) is 13.1. The average Bonchev–Trinajstić information content (AvgIpc) is 3.17. The van der Waals surface area contributed by atoms with Crippen molar-refractivity contribution in [3.05, 3.63) is 23.9 Å². The normalized spacial score (nSPS) is 41.6. The van der Waals surface area contributed by atoms with E-state index in [1.807, 2.05) is 19.2 Å². The second-order valence-electron chi connectivity index (χ2n) is 11.8. The Balaban J connectivity index is 1.26. The third kappa shape index (κ3) is 3.85. The number of aromatic nitrogens is 1. The topological polar surface area (TPSA) is 57.9 Å². The van der Waals surface area contributed by atoms with Crippen molar-refractivity contribution in [1.29, 1.82) is 5.26 Å². The molecule has 0 spiro atoms. The number of ether oxygens (including phenoxy) is 1. The Morgan fingerprint density at radius 2 is 1.97 bits per heavy atom. The van der Waals surface area contributed by atoms with Gasteiger partial charge in [-0.3, -0.25) is 0 Å². The van der Waals surface area contributed by atoms with Gasteiger partial charge < -0.3 is 10.1 Å². The number of pyridine rings is 1. The minimum atomic E-state index is 0.419. The van der Waals surface area contributed by atoms with Crippen molar-refractivity contribution >= 4 is 5.82 Å². The molecule has 1 aromatic rings. The first-order chi connectivity index (χ1) is 15.5. The summed E-state index contributed by atoms with van der Waals surface area (Å²) in [7, 11) is 1.87. The smallest absolute Gasteiger partial charge is 0.126 e. The summed E-state index contributed by atoms with van der Waals surface area (Å²) in [6.45, 7) is 5.95. The maximum atomic E-state index is 9.03. The summed E-state index contributed by atoms with van der Waals surface area (Å²) in [6, 6.07) is 6.41. The van der Waals surface area contributed by atoms with Gasteiger partial charge in [-0.2, -0.15) is 5.26 Å². The Hall–Kier alpha value is -1.60. The molecule has 1 aromatic heterocycles. The van der Waals surface area contributed by atoms with E-state index in [4.69, 9.17) is 10.00 Å². The molecule has 1 N–H and O–H groups in total. The number of hydrogen-bond donors (Lipinski definition) is 1. The number of nitriles is 1. The van der Waals surface area contributed by atoms with Crippen molar-refractivity contribution in [1.82, 2.24) is 4.98 Å². The summed E-state index contributed by atoms with van der Waals surface area (Å²) >= 11 is 0. The van der Waals surface area contributed by atoms with E-state index in [0.717, 1.165) is 47.9 Å². The molecule has 4 aliphatic rings. The largest absolute Gasteiger partial charge is 0.384 e. The van der Waals surface area contributed by atoms with E-state index >= 15 is 0 Å². The lowest BCUT2D eigenvalue weighted by Crippen LogP contribution is -2.50. The molecule has 174 valence electrons. The number of nitrogens with zero attached hydrogens (tertiary/aromatic N) is 2. The minimum absolute atomic E-state index is 0.419. The van der Waals surface area contributed by atoms with Crippen molar-refractivity contribution in [3.63, 3.8) is 0 Å². The van der Waals surface area contributed by atoms with Gasteiger partial charge in [-0.1, -0.05) is 6.92 Å². The fourth-order valence-electron chi connectivity index (χ4n) is 9.08. The molecule has 4 nitrogen and oxygen atoms in total. The van der Waals surface area contributed by atoms with Crippen molar-refractivity contribution < 1.29 is 4.74 Å². The zero-order chi connectivity index (χ0) is 22.3. The van der Waals surface area contributed by atoms with E-state index in [0.29, 0.717) is 22.9 Å². The second kappa shape index (κ2) is 8.98.